The average molecular weight is 585 g/mol. The van der Waals surface area contributed by atoms with E-state index < -0.39 is 11.7 Å². The molecule has 0 radical (unpaired) electrons. The average Bonchev–Trinajstić information content (AvgIpc) is 3.65. The fraction of sp³-hybridized carbons (Fsp3) is 0.233. The van der Waals surface area contributed by atoms with Gasteiger partial charge in [-0.3, -0.25) is 9.69 Å². The number of anilines is 3. The minimum atomic E-state index is -0.857. The molecule has 3 aromatic heterocycles. The van der Waals surface area contributed by atoms with Crippen LogP contribution < -0.4 is 24.8 Å². The van der Waals surface area contributed by atoms with Gasteiger partial charge in [0.1, 0.15) is 41.5 Å². The molecule has 220 valence electrons. The van der Waals surface area contributed by atoms with Gasteiger partial charge in [-0.1, -0.05) is 0 Å². The molecule has 0 unspecified atom stereocenters. The molecule has 2 N–H and O–H groups in total. The largest absolute Gasteiger partial charge is 0.494 e. The van der Waals surface area contributed by atoms with E-state index in [1.807, 2.05) is 11.9 Å². The summed E-state index contributed by atoms with van der Waals surface area (Å²) in [5, 5.41) is 10.6. The number of amides is 1. The van der Waals surface area contributed by atoms with Gasteiger partial charge in [0.05, 0.1) is 31.1 Å². The van der Waals surface area contributed by atoms with Gasteiger partial charge in [-0.2, -0.15) is 5.10 Å². The summed E-state index contributed by atoms with van der Waals surface area (Å²) in [6, 6.07) is 12.1. The zero-order chi connectivity index (χ0) is 29.9. The number of fused-ring (bicyclic) bond motifs is 2. The number of carbonyl (C=O) groups is 1. The topological polar surface area (TPSA) is 128 Å². The number of nitrogens with one attached hydrogen (secondary N) is 2. The number of ether oxygens (including phenoxy) is 3. The second kappa shape index (κ2) is 11.9. The van der Waals surface area contributed by atoms with Crippen molar-refractivity contribution < 1.29 is 23.4 Å². The van der Waals surface area contributed by atoms with E-state index in [4.69, 9.17) is 14.2 Å². The van der Waals surface area contributed by atoms with E-state index in [9.17, 15) is 9.18 Å². The second-order valence-electron chi connectivity index (χ2n) is 9.97. The Morgan fingerprint density at radius 1 is 1.00 bits per heavy atom. The summed E-state index contributed by atoms with van der Waals surface area (Å²) >= 11 is 0. The molecule has 1 amide bonds. The number of hydrogen-bond acceptors (Lipinski definition) is 10. The number of likely N-dealkylation sites (tertiary alicyclic amines) is 1. The molecule has 5 aromatic rings. The van der Waals surface area contributed by atoms with Crippen LogP contribution in [0, 0.1) is 0 Å². The van der Waals surface area contributed by atoms with Crippen LogP contribution in [-0.2, 0) is 4.79 Å². The van der Waals surface area contributed by atoms with Crippen LogP contribution >= 0.6 is 0 Å². The van der Waals surface area contributed by atoms with Crippen LogP contribution in [0.3, 0.4) is 0 Å². The Hall–Kier alpha value is -5.30. The predicted molar refractivity (Wildman–Crippen MR) is 159 cm³/mol. The normalized spacial score (nSPS) is 15.5. The van der Waals surface area contributed by atoms with Gasteiger partial charge in [0.25, 0.3) is 5.91 Å². The Balaban J connectivity index is 1.26. The summed E-state index contributed by atoms with van der Waals surface area (Å²) in [6.45, 7) is 0.866. The van der Waals surface area contributed by atoms with Crippen LogP contribution in [-0.4, -0.2) is 69.2 Å². The van der Waals surface area contributed by atoms with E-state index in [1.54, 1.807) is 60.3 Å². The number of benzene rings is 2. The highest BCUT2D eigenvalue weighted by molar-refractivity contribution is 6.05. The lowest BCUT2D eigenvalue weighted by molar-refractivity contribution is -0.114. The van der Waals surface area contributed by atoms with Crippen molar-refractivity contribution in [3.05, 3.63) is 73.2 Å². The van der Waals surface area contributed by atoms with Crippen LogP contribution in [0.15, 0.2) is 73.2 Å². The molecule has 1 aliphatic heterocycles. The van der Waals surface area contributed by atoms with Crippen molar-refractivity contribution in [2.24, 2.45) is 0 Å². The van der Waals surface area contributed by atoms with Crippen molar-refractivity contribution >= 4 is 39.6 Å². The maximum absolute atomic E-state index is 14.8. The highest BCUT2D eigenvalue weighted by atomic mass is 19.1. The molecule has 1 saturated heterocycles. The molecule has 2 aromatic carbocycles. The van der Waals surface area contributed by atoms with E-state index >= 15 is 0 Å². The molecular weight excluding hydrogens is 555 g/mol. The minimum absolute atomic E-state index is 0.113. The lowest BCUT2D eigenvalue weighted by Crippen LogP contribution is -2.24. The van der Waals surface area contributed by atoms with Gasteiger partial charge in [-0.15, -0.1) is 0 Å². The standard InChI is InChI=1S/C30H29FN8O4/c1-38-9-4-5-18(38)11-22(31)30(40)37-25-14-21-24(15-27(25)42-3)32-16-34-29(21)36-23-7-6-19(12-26(23)41-2)43-20-8-10-39-28(13-20)33-17-35-39/h6-8,10-18H,4-5,9H2,1-3H3,(H,37,40)(H,32,34,36)/b22-11+/t18-/m1/s1. The SMILES string of the molecule is COc1cc2ncnc(Nc3ccc(Oc4ccn5ncnc5c4)cc3OC)c2cc1NC(=O)/C(F)=C\[C@H]1CCCN1C. The molecule has 13 heteroatoms. The number of methoxy groups -OCH3 is 2. The van der Waals surface area contributed by atoms with Crippen molar-refractivity contribution in [1.29, 1.82) is 0 Å². The van der Waals surface area contributed by atoms with E-state index in [0.717, 1.165) is 19.4 Å². The number of likely N-dealkylation sites (N-methyl/N-ethyl adjacent to an activating group) is 1. The number of aromatic nitrogens is 5. The van der Waals surface area contributed by atoms with E-state index in [-0.39, 0.29) is 11.7 Å². The van der Waals surface area contributed by atoms with Gasteiger partial charge in [-0.25, -0.2) is 23.9 Å². The number of carbonyl (C=O) groups excluding carboxylic acids is 1. The zero-order valence-corrected chi connectivity index (χ0v) is 23.7. The van der Waals surface area contributed by atoms with Crippen molar-refractivity contribution in [3.63, 3.8) is 0 Å². The number of rotatable bonds is 9. The van der Waals surface area contributed by atoms with Crippen LogP contribution in [0.5, 0.6) is 23.0 Å². The first-order valence-corrected chi connectivity index (χ1v) is 13.6. The van der Waals surface area contributed by atoms with Gasteiger partial charge < -0.3 is 24.8 Å². The lowest BCUT2D eigenvalue weighted by Gasteiger charge is -2.16. The molecule has 0 bridgehead atoms. The van der Waals surface area contributed by atoms with E-state index in [2.05, 4.69) is 30.7 Å². The lowest BCUT2D eigenvalue weighted by atomic mass is 10.1. The summed E-state index contributed by atoms with van der Waals surface area (Å²) in [5.41, 5.74) is 2.10. The fourth-order valence-electron chi connectivity index (χ4n) is 4.99. The Kier molecular flexibility index (Phi) is 7.71. The quantitative estimate of drug-likeness (QED) is 0.226. The van der Waals surface area contributed by atoms with E-state index in [1.165, 1.54) is 25.8 Å². The first-order valence-electron chi connectivity index (χ1n) is 13.6. The van der Waals surface area contributed by atoms with Gasteiger partial charge >= 0.3 is 0 Å². The predicted octanol–water partition coefficient (Wildman–Crippen LogP) is 5.11. The molecule has 0 aliphatic carbocycles. The van der Waals surface area contributed by atoms with Crippen LogP contribution in [0.2, 0.25) is 0 Å². The Morgan fingerprint density at radius 3 is 2.60 bits per heavy atom. The third kappa shape index (κ3) is 5.88. The van der Waals surface area contributed by atoms with Crippen molar-refractivity contribution in [2.45, 2.75) is 18.9 Å². The molecule has 43 heavy (non-hydrogen) atoms. The molecule has 0 saturated carbocycles. The number of pyridine rings is 1. The first kappa shape index (κ1) is 27.8. The minimum Gasteiger partial charge on any atom is -0.494 e. The maximum atomic E-state index is 14.8. The van der Waals surface area contributed by atoms with Gasteiger partial charge in [-0.05, 0) is 56.8 Å². The molecule has 6 rings (SSSR count). The third-order valence-electron chi connectivity index (χ3n) is 7.25. The van der Waals surface area contributed by atoms with E-state index in [0.29, 0.717) is 51.1 Å². The Labute approximate surface area is 246 Å². The zero-order valence-electron chi connectivity index (χ0n) is 23.7. The van der Waals surface area contributed by atoms with Gasteiger partial charge in [0.2, 0.25) is 0 Å². The Bertz CT molecular complexity index is 1840. The van der Waals surface area contributed by atoms with Gasteiger partial charge in [0.15, 0.2) is 11.5 Å². The third-order valence-corrected chi connectivity index (χ3v) is 7.25. The Morgan fingerprint density at radius 2 is 1.81 bits per heavy atom. The molecular formula is C30H29FN8O4. The summed E-state index contributed by atoms with van der Waals surface area (Å²) in [7, 11) is 4.93. The highest BCUT2D eigenvalue weighted by Gasteiger charge is 2.22. The number of hydrogen-bond donors (Lipinski definition) is 2. The highest BCUT2D eigenvalue weighted by Crippen LogP contribution is 2.37. The second-order valence-corrected chi connectivity index (χ2v) is 9.97. The summed E-state index contributed by atoms with van der Waals surface area (Å²) in [5.74, 6) is 0.707. The smallest absolute Gasteiger partial charge is 0.284 e. The molecule has 1 aliphatic rings. The number of halogens is 1. The first-order chi connectivity index (χ1) is 20.9. The van der Waals surface area contributed by atoms with Crippen LogP contribution in [0.4, 0.5) is 21.6 Å². The van der Waals surface area contributed by atoms with Gasteiger partial charge in [0, 0.05) is 35.8 Å². The van der Waals surface area contributed by atoms with Crippen molar-refractivity contribution in [1.82, 2.24) is 29.5 Å². The van der Waals surface area contributed by atoms with Crippen LogP contribution in [0.1, 0.15) is 12.8 Å². The fourth-order valence-corrected chi connectivity index (χ4v) is 4.99. The van der Waals surface area contributed by atoms with Crippen molar-refractivity contribution in [2.75, 3.05) is 38.4 Å². The van der Waals surface area contributed by atoms with Crippen molar-refractivity contribution in [3.8, 4) is 23.0 Å². The molecule has 1 atom stereocenters. The molecule has 12 nitrogen and oxygen atoms in total. The monoisotopic (exact) mass is 584 g/mol. The summed E-state index contributed by atoms with van der Waals surface area (Å²) < 4.78 is 33.6. The summed E-state index contributed by atoms with van der Waals surface area (Å²) in [6.07, 6.45) is 7.76. The maximum Gasteiger partial charge on any atom is 0.284 e. The molecule has 0 spiro atoms. The summed E-state index contributed by atoms with van der Waals surface area (Å²) in [4.78, 5) is 27.7. The molecule has 1 fully saturated rings. The van der Waals surface area contributed by atoms with Crippen LogP contribution in [0.25, 0.3) is 16.6 Å². The molecule has 4 heterocycles. The number of nitrogens with zero attached hydrogens (tertiary/aromatic N) is 6.